The fourth-order valence-corrected chi connectivity index (χ4v) is 2.79. The number of aromatic nitrogens is 1. The summed E-state index contributed by atoms with van der Waals surface area (Å²) in [6, 6.07) is 16.2. The first kappa shape index (κ1) is 17.2. The lowest BCUT2D eigenvalue weighted by atomic mass is 10.2. The lowest BCUT2D eigenvalue weighted by molar-refractivity contribution is -0.116. The topological polar surface area (TPSA) is 84.1 Å². The largest absolute Gasteiger partial charge is 0.462 e. The second-order valence-corrected chi connectivity index (χ2v) is 5.61. The van der Waals surface area contributed by atoms with Crippen LogP contribution in [0.5, 0.6) is 0 Å². The van der Waals surface area contributed by atoms with Crippen molar-refractivity contribution in [1.29, 1.82) is 5.26 Å². The van der Waals surface area contributed by atoms with Crippen molar-refractivity contribution >= 4 is 28.5 Å². The molecule has 0 bridgehead atoms. The molecule has 0 radical (unpaired) electrons. The first-order chi connectivity index (χ1) is 12.6. The number of fused-ring (bicyclic) bond motifs is 1. The highest BCUT2D eigenvalue weighted by atomic mass is 16.5. The molecule has 0 aliphatic heterocycles. The van der Waals surface area contributed by atoms with Gasteiger partial charge in [0.15, 0.2) is 0 Å². The molecule has 0 saturated carbocycles. The summed E-state index contributed by atoms with van der Waals surface area (Å²) in [4.78, 5) is 24.5. The summed E-state index contributed by atoms with van der Waals surface area (Å²) < 4.78 is 6.73. The van der Waals surface area contributed by atoms with E-state index in [4.69, 9.17) is 4.74 Å². The maximum Gasteiger partial charge on any atom is 0.340 e. The fourth-order valence-electron chi connectivity index (χ4n) is 2.79. The first-order valence-electron chi connectivity index (χ1n) is 8.18. The van der Waals surface area contributed by atoms with Gasteiger partial charge in [-0.2, -0.15) is 5.26 Å². The van der Waals surface area contributed by atoms with Crippen LogP contribution in [0.25, 0.3) is 10.9 Å². The van der Waals surface area contributed by atoms with Crippen LogP contribution in [0.3, 0.4) is 0 Å². The number of amides is 1. The highest BCUT2D eigenvalue weighted by Crippen LogP contribution is 2.21. The molecule has 3 aromatic rings. The van der Waals surface area contributed by atoms with Crippen LogP contribution in [0.2, 0.25) is 0 Å². The minimum atomic E-state index is -0.485. The van der Waals surface area contributed by atoms with E-state index in [0.717, 1.165) is 10.9 Å². The molecule has 0 atom stereocenters. The van der Waals surface area contributed by atoms with E-state index in [9.17, 15) is 14.9 Å². The standard InChI is InChI=1S/C20H17N3O3/c1-2-26-20(25)16-8-3-5-9-17(16)22-19(24)13-23-12-14(11-21)15-7-4-6-10-18(15)23/h3-10,12H,2,13H2,1H3,(H,22,24). The third-order valence-corrected chi connectivity index (χ3v) is 3.92. The molecular weight excluding hydrogens is 330 g/mol. The third kappa shape index (κ3) is 3.42. The Bertz CT molecular complexity index is 1010. The van der Waals surface area contributed by atoms with Gasteiger partial charge in [0.2, 0.25) is 5.91 Å². The van der Waals surface area contributed by atoms with Gasteiger partial charge in [0.25, 0.3) is 0 Å². The van der Waals surface area contributed by atoms with Crippen LogP contribution in [0.1, 0.15) is 22.8 Å². The lowest BCUT2D eigenvalue weighted by Crippen LogP contribution is -2.20. The van der Waals surface area contributed by atoms with Gasteiger partial charge in [0.1, 0.15) is 12.6 Å². The smallest absolute Gasteiger partial charge is 0.340 e. The van der Waals surface area contributed by atoms with Crippen molar-refractivity contribution in [1.82, 2.24) is 4.57 Å². The molecule has 3 rings (SSSR count). The van der Waals surface area contributed by atoms with Gasteiger partial charge >= 0.3 is 5.97 Å². The number of rotatable bonds is 5. The van der Waals surface area contributed by atoms with Crippen LogP contribution in [-0.2, 0) is 16.1 Å². The molecule has 6 heteroatoms. The predicted molar refractivity (Wildman–Crippen MR) is 97.7 cm³/mol. The van der Waals surface area contributed by atoms with Crippen molar-refractivity contribution in [2.45, 2.75) is 13.5 Å². The Balaban J connectivity index is 1.83. The molecule has 130 valence electrons. The predicted octanol–water partition coefficient (Wildman–Crippen LogP) is 3.33. The Morgan fingerprint density at radius 3 is 2.65 bits per heavy atom. The van der Waals surface area contributed by atoms with E-state index in [1.165, 1.54) is 0 Å². The molecule has 2 aromatic carbocycles. The van der Waals surface area contributed by atoms with Crippen molar-refractivity contribution < 1.29 is 14.3 Å². The van der Waals surface area contributed by atoms with E-state index in [-0.39, 0.29) is 19.1 Å². The van der Waals surface area contributed by atoms with E-state index in [0.29, 0.717) is 16.8 Å². The van der Waals surface area contributed by atoms with Gasteiger partial charge in [-0.15, -0.1) is 0 Å². The van der Waals surface area contributed by atoms with Gasteiger partial charge in [-0.05, 0) is 25.1 Å². The maximum atomic E-state index is 12.5. The number of hydrogen-bond acceptors (Lipinski definition) is 4. The van der Waals surface area contributed by atoms with E-state index in [1.54, 1.807) is 42.0 Å². The second-order valence-electron chi connectivity index (χ2n) is 5.61. The van der Waals surface area contributed by atoms with Gasteiger partial charge in [-0.25, -0.2) is 4.79 Å². The summed E-state index contributed by atoms with van der Waals surface area (Å²) in [5, 5.41) is 12.8. The van der Waals surface area contributed by atoms with Crippen molar-refractivity contribution in [3.8, 4) is 6.07 Å². The SMILES string of the molecule is CCOC(=O)c1ccccc1NC(=O)Cn1cc(C#N)c2ccccc21. The highest BCUT2D eigenvalue weighted by molar-refractivity contribution is 6.01. The third-order valence-electron chi connectivity index (χ3n) is 3.92. The van der Waals surface area contributed by atoms with Crippen LogP contribution in [0.4, 0.5) is 5.69 Å². The summed E-state index contributed by atoms with van der Waals surface area (Å²) in [6.07, 6.45) is 1.65. The molecule has 0 fully saturated rings. The number of carbonyl (C=O) groups is 2. The Labute approximate surface area is 150 Å². The number of ether oxygens (including phenoxy) is 1. The van der Waals surface area contributed by atoms with Crippen LogP contribution in [0.15, 0.2) is 54.7 Å². The first-order valence-corrected chi connectivity index (χ1v) is 8.18. The number of para-hydroxylation sites is 2. The molecule has 1 heterocycles. The molecule has 0 unspecified atom stereocenters. The molecule has 0 spiro atoms. The van der Waals surface area contributed by atoms with Crippen molar-refractivity contribution in [3.63, 3.8) is 0 Å². The Hall–Kier alpha value is -3.59. The summed E-state index contributed by atoms with van der Waals surface area (Å²) in [7, 11) is 0. The molecular formula is C20H17N3O3. The van der Waals surface area contributed by atoms with Gasteiger partial charge in [0.05, 0.1) is 23.4 Å². The van der Waals surface area contributed by atoms with E-state index >= 15 is 0 Å². The minimum absolute atomic E-state index is 0.0271. The van der Waals surface area contributed by atoms with Crippen LogP contribution in [-0.4, -0.2) is 23.1 Å². The van der Waals surface area contributed by atoms with Crippen LogP contribution >= 0.6 is 0 Å². The van der Waals surface area contributed by atoms with Crippen LogP contribution in [0, 0.1) is 11.3 Å². The zero-order chi connectivity index (χ0) is 18.5. The van der Waals surface area contributed by atoms with Crippen LogP contribution < -0.4 is 5.32 Å². The van der Waals surface area contributed by atoms with E-state index in [2.05, 4.69) is 11.4 Å². The Morgan fingerprint density at radius 2 is 1.88 bits per heavy atom. The number of hydrogen-bond donors (Lipinski definition) is 1. The number of nitrogens with one attached hydrogen (secondary N) is 1. The molecule has 0 aliphatic rings. The van der Waals surface area contributed by atoms with Gasteiger partial charge in [-0.3, -0.25) is 4.79 Å². The highest BCUT2D eigenvalue weighted by Gasteiger charge is 2.15. The van der Waals surface area contributed by atoms with E-state index < -0.39 is 5.97 Å². The van der Waals surface area contributed by atoms with Gasteiger partial charge < -0.3 is 14.6 Å². The molecule has 0 aliphatic carbocycles. The monoisotopic (exact) mass is 347 g/mol. The summed E-state index contributed by atoms with van der Waals surface area (Å²) in [5.41, 5.74) is 2.02. The zero-order valence-corrected chi connectivity index (χ0v) is 14.2. The summed E-state index contributed by atoms with van der Waals surface area (Å²) in [5.74, 6) is -0.784. The second kappa shape index (κ2) is 7.53. The molecule has 26 heavy (non-hydrogen) atoms. The van der Waals surface area contributed by atoms with Gasteiger partial charge in [-0.1, -0.05) is 30.3 Å². The number of carbonyl (C=O) groups excluding carboxylic acids is 2. The lowest BCUT2D eigenvalue weighted by Gasteiger charge is -2.11. The van der Waals surface area contributed by atoms with E-state index in [1.807, 2.05) is 24.3 Å². The number of nitrogens with zero attached hydrogens (tertiary/aromatic N) is 2. The summed E-state index contributed by atoms with van der Waals surface area (Å²) in [6.45, 7) is 2.01. The molecule has 0 saturated heterocycles. The molecule has 6 nitrogen and oxygen atoms in total. The average molecular weight is 347 g/mol. The number of anilines is 1. The molecule has 1 aromatic heterocycles. The normalized spacial score (nSPS) is 10.3. The average Bonchev–Trinajstić information content (AvgIpc) is 3.00. The maximum absolute atomic E-state index is 12.5. The van der Waals surface area contributed by atoms with Crippen molar-refractivity contribution in [2.75, 3.05) is 11.9 Å². The fraction of sp³-hybridized carbons (Fsp3) is 0.150. The Kier molecular flexibility index (Phi) is 4.99. The van der Waals surface area contributed by atoms with Crippen molar-refractivity contribution in [3.05, 3.63) is 65.9 Å². The summed E-state index contributed by atoms with van der Waals surface area (Å²) >= 11 is 0. The Morgan fingerprint density at radius 1 is 1.15 bits per heavy atom. The molecule has 1 N–H and O–H groups in total. The molecule has 1 amide bonds. The number of benzene rings is 2. The van der Waals surface area contributed by atoms with Gasteiger partial charge in [0, 0.05) is 17.1 Å². The minimum Gasteiger partial charge on any atom is -0.462 e. The quantitative estimate of drug-likeness (QED) is 0.718. The van der Waals surface area contributed by atoms with Crippen molar-refractivity contribution in [2.24, 2.45) is 0 Å². The number of nitriles is 1. The zero-order valence-electron chi connectivity index (χ0n) is 14.2. The number of esters is 1.